The van der Waals surface area contributed by atoms with Gasteiger partial charge in [-0.25, -0.2) is 0 Å². The third-order valence-electron chi connectivity index (χ3n) is 4.45. The summed E-state index contributed by atoms with van der Waals surface area (Å²) in [5, 5.41) is 13.0. The highest BCUT2D eigenvalue weighted by Crippen LogP contribution is 2.24. The van der Waals surface area contributed by atoms with Crippen LogP contribution in [0.3, 0.4) is 0 Å². The summed E-state index contributed by atoms with van der Waals surface area (Å²) in [7, 11) is 1.89. The van der Waals surface area contributed by atoms with E-state index < -0.39 is 5.54 Å². The molecule has 0 aromatic heterocycles. The summed E-state index contributed by atoms with van der Waals surface area (Å²) in [6.07, 6.45) is 3.78. The number of hydrogen-bond acceptors (Lipinski definition) is 3. The Morgan fingerprint density at radius 3 is 2.70 bits per heavy atom. The molecule has 0 radical (unpaired) electrons. The quantitative estimate of drug-likeness (QED) is 0.915. The van der Waals surface area contributed by atoms with Crippen LogP contribution in [-0.2, 0) is 5.54 Å². The van der Waals surface area contributed by atoms with E-state index in [1.54, 1.807) is 0 Å². The van der Waals surface area contributed by atoms with Crippen molar-refractivity contribution in [1.82, 2.24) is 10.2 Å². The summed E-state index contributed by atoms with van der Waals surface area (Å²) < 4.78 is 0. The maximum Gasteiger partial charge on any atom is 0.144 e. The monoisotopic (exact) mass is 271 g/mol. The fourth-order valence-electron chi connectivity index (χ4n) is 3.01. The van der Waals surface area contributed by atoms with Crippen LogP contribution in [0.1, 0.15) is 31.7 Å². The van der Waals surface area contributed by atoms with Crippen molar-refractivity contribution in [2.24, 2.45) is 5.92 Å². The molecule has 1 fully saturated rings. The van der Waals surface area contributed by atoms with E-state index in [1.165, 1.54) is 19.3 Å². The van der Waals surface area contributed by atoms with Gasteiger partial charge in [0.05, 0.1) is 6.07 Å². The van der Waals surface area contributed by atoms with Gasteiger partial charge < -0.3 is 4.90 Å². The lowest BCUT2D eigenvalue weighted by Gasteiger charge is -2.33. The first kappa shape index (κ1) is 15.0. The van der Waals surface area contributed by atoms with E-state index in [0.29, 0.717) is 0 Å². The molecule has 0 amide bonds. The molecule has 1 aromatic rings. The summed E-state index contributed by atoms with van der Waals surface area (Å²) >= 11 is 0. The number of benzene rings is 1. The lowest BCUT2D eigenvalue weighted by molar-refractivity contribution is 0.222. The molecule has 20 heavy (non-hydrogen) atoms. The summed E-state index contributed by atoms with van der Waals surface area (Å²) in [6, 6.07) is 12.6. The zero-order valence-electron chi connectivity index (χ0n) is 12.6. The zero-order chi connectivity index (χ0) is 14.4. The zero-order valence-corrected chi connectivity index (χ0v) is 12.6. The predicted molar refractivity (Wildman–Crippen MR) is 82.2 cm³/mol. The van der Waals surface area contributed by atoms with Crippen molar-refractivity contribution in [3.05, 3.63) is 35.9 Å². The van der Waals surface area contributed by atoms with Gasteiger partial charge in [0.2, 0.25) is 0 Å². The molecule has 1 heterocycles. The Hall–Kier alpha value is -1.37. The maximum absolute atomic E-state index is 9.74. The van der Waals surface area contributed by atoms with Crippen LogP contribution in [0.15, 0.2) is 30.3 Å². The van der Waals surface area contributed by atoms with Crippen molar-refractivity contribution < 1.29 is 0 Å². The molecule has 2 rings (SSSR count). The molecule has 1 N–H and O–H groups in total. The molecule has 0 bridgehead atoms. The molecule has 0 aliphatic carbocycles. The summed E-state index contributed by atoms with van der Waals surface area (Å²) in [5.74, 6) is 0.808. The average molecular weight is 271 g/mol. The fraction of sp³-hybridized carbons (Fsp3) is 0.588. The molecule has 0 spiro atoms. The molecular weight excluding hydrogens is 246 g/mol. The number of nitriles is 1. The molecule has 0 saturated carbocycles. The molecule has 3 heteroatoms. The first-order valence-electron chi connectivity index (χ1n) is 7.58. The van der Waals surface area contributed by atoms with Crippen LogP contribution in [-0.4, -0.2) is 31.6 Å². The van der Waals surface area contributed by atoms with Crippen molar-refractivity contribution in [2.75, 3.05) is 26.7 Å². The number of rotatable bonds is 4. The fourth-order valence-corrected chi connectivity index (χ4v) is 3.01. The summed E-state index contributed by atoms with van der Waals surface area (Å²) in [6.45, 7) is 5.29. The van der Waals surface area contributed by atoms with E-state index in [9.17, 15) is 5.26 Å². The first-order chi connectivity index (χ1) is 9.70. The molecule has 3 nitrogen and oxygen atoms in total. The van der Waals surface area contributed by atoms with Crippen LogP contribution in [0.5, 0.6) is 0 Å². The van der Waals surface area contributed by atoms with E-state index in [0.717, 1.165) is 31.1 Å². The average Bonchev–Trinajstić information content (AvgIpc) is 2.70. The lowest BCUT2D eigenvalue weighted by Crippen LogP contribution is -2.49. The van der Waals surface area contributed by atoms with Crippen molar-refractivity contribution in [3.8, 4) is 6.07 Å². The molecule has 1 saturated heterocycles. The minimum atomic E-state index is -0.602. The maximum atomic E-state index is 9.74. The molecule has 1 aliphatic heterocycles. The van der Waals surface area contributed by atoms with Crippen LogP contribution in [0.4, 0.5) is 0 Å². The van der Waals surface area contributed by atoms with Crippen LogP contribution in [0, 0.1) is 17.2 Å². The molecule has 1 aromatic carbocycles. The van der Waals surface area contributed by atoms with Crippen LogP contribution in [0.25, 0.3) is 0 Å². The topological polar surface area (TPSA) is 39.1 Å². The Bertz CT molecular complexity index is 451. The molecule has 2 atom stereocenters. The highest BCUT2D eigenvalue weighted by atomic mass is 15.2. The standard InChI is InChI=1S/C17H25N3/c1-15-7-6-11-20(12-10-15)14-17(13-18,19-2)16-8-4-3-5-9-16/h3-5,8-9,15,19H,6-7,10-12,14H2,1-2H3. The number of hydrogen-bond donors (Lipinski definition) is 1. The second-order valence-electron chi connectivity index (χ2n) is 5.95. The van der Waals surface area contributed by atoms with Gasteiger partial charge in [-0.3, -0.25) is 5.32 Å². The molecule has 2 unspecified atom stereocenters. The van der Waals surface area contributed by atoms with E-state index in [1.807, 2.05) is 37.4 Å². The Labute approximate surface area is 122 Å². The van der Waals surface area contributed by atoms with Gasteiger partial charge in [-0.05, 0) is 50.9 Å². The van der Waals surface area contributed by atoms with Gasteiger partial charge in [0.15, 0.2) is 0 Å². The van der Waals surface area contributed by atoms with Gasteiger partial charge in [0, 0.05) is 6.54 Å². The second kappa shape index (κ2) is 6.88. The van der Waals surface area contributed by atoms with Gasteiger partial charge in [-0.1, -0.05) is 37.3 Å². The number of likely N-dealkylation sites (tertiary alicyclic amines) is 1. The number of nitrogens with one attached hydrogen (secondary N) is 1. The van der Waals surface area contributed by atoms with E-state index >= 15 is 0 Å². The van der Waals surface area contributed by atoms with Gasteiger partial charge in [0.1, 0.15) is 5.54 Å². The van der Waals surface area contributed by atoms with Crippen LogP contribution >= 0.6 is 0 Å². The predicted octanol–water partition coefficient (Wildman–Crippen LogP) is 2.75. The van der Waals surface area contributed by atoms with Gasteiger partial charge in [0.25, 0.3) is 0 Å². The van der Waals surface area contributed by atoms with E-state index in [4.69, 9.17) is 0 Å². The van der Waals surface area contributed by atoms with Crippen molar-refractivity contribution >= 4 is 0 Å². The van der Waals surface area contributed by atoms with E-state index in [2.05, 4.69) is 23.2 Å². The minimum absolute atomic E-state index is 0.602. The van der Waals surface area contributed by atoms with Gasteiger partial charge in [-0.2, -0.15) is 5.26 Å². The smallest absolute Gasteiger partial charge is 0.144 e. The van der Waals surface area contributed by atoms with Gasteiger partial charge >= 0.3 is 0 Å². The Morgan fingerprint density at radius 1 is 1.30 bits per heavy atom. The van der Waals surface area contributed by atoms with E-state index in [-0.39, 0.29) is 0 Å². The second-order valence-corrected chi connectivity index (χ2v) is 5.95. The summed E-state index contributed by atoms with van der Waals surface area (Å²) in [5.41, 5.74) is 0.455. The Balaban J connectivity index is 2.15. The molecule has 1 aliphatic rings. The van der Waals surface area contributed by atoms with Crippen molar-refractivity contribution in [1.29, 1.82) is 5.26 Å². The van der Waals surface area contributed by atoms with Gasteiger partial charge in [-0.15, -0.1) is 0 Å². The van der Waals surface area contributed by atoms with Crippen molar-refractivity contribution in [2.45, 2.75) is 31.7 Å². The SMILES string of the molecule is CNC(C#N)(CN1CCCC(C)CC1)c1ccccc1. The number of nitrogens with zero attached hydrogens (tertiary/aromatic N) is 2. The molecular formula is C17H25N3. The minimum Gasteiger partial charge on any atom is -0.300 e. The number of likely N-dealkylation sites (N-methyl/N-ethyl adjacent to an activating group) is 1. The van der Waals surface area contributed by atoms with Crippen LogP contribution in [0.2, 0.25) is 0 Å². The lowest BCUT2D eigenvalue weighted by atomic mass is 9.90. The third kappa shape index (κ3) is 3.39. The highest BCUT2D eigenvalue weighted by molar-refractivity contribution is 5.31. The largest absolute Gasteiger partial charge is 0.300 e. The van der Waals surface area contributed by atoms with Crippen molar-refractivity contribution in [3.63, 3.8) is 0 Å². The third-order valence-corrected chi connectivity index (χ3v) is 4.45. The summed E-state index contributed by atoms with van der Waals surface area (Å²) in [4.78, 5) is 2.44. The Morgan fingerprint density at radius 2 is 2.05 bits per heavy atom. The first-order valence-corrected chi connectivity index (χ1v) is 7.58. The molecule has 108 valence electrons. The highest BCUT2D eigenvalue weighted by Gasteiger charge is 2.33. The normalized spacial score (nSPS) is 23.6. The van der Waals surface area contributed by atoms with Crippen LogP contribution < -0.4 is 5.32 Å². The Kier molecular flexibility index (Phi) is 5.17.